The second-order valence-electron chi connectivity index (χ2n) is 5.85. The molecule has 0 aliphatic carbocycles. The van der Waals surface area contributed by atoms with Gasteiger partial charge < -0.3 is 15.1 Å². The molecule has 0 spiro atoms. The van der Waals surface area contributed by atoms with Gasteiger partial charge in [0, 0.05) is 33.2 Å². The van der Waals surface area contributed by atoms with Crippen molar-refractivity contribution in [2.24, 2.45) is 11.8 Å². The smallest absolute Gasteiger partial charge is 0.320 e. The Labute approximate surface area is 115 Å². The third-order valence-corrected chi connectivity index (χ3v) is 4.36. The first-order chi connectivity index (χ1) is 9.11. The number of amides is 3. The average Bonchev–Trinajstić information content (AvgIpc) is 2.46. The van der Waals surface area contributed by atoms with E-state index in [-0.39, 0.29) is 17.9 Å². The molecule has 1 atom stereocenters. The topological polar surface area (TPSA) is 52.7 Å². The number of urea groups is 1. The van der Waals surface area contributed by atoms with Crippen molar-refractivity contribution in [2.45, 2.75) is 32.6 Å². The monoisotopic (exact) mass is 267 g/mol. The lowest BCUT2D eigenvalue weighted by molar-refractivity contribution is -0.125. The lowest BCUT2D eigenvalue weighted by Crippen LogP contribution is -2.51. The van der Waals surface area contributed by atoms with Gasteiger partial charge in [-0.15, -0.1) is 0 Å². The normalized spacial score (nSPS) is 25.3. The van der Waals surface area contributed by atoms with E-state index in [1.165, 1.54) is 0 Å². The van der Waals surface area contributed by atoms with Gasteiger partial charge >= 0.3 is 6.03 Å². The molecule has 5 heteroatoms. The maximum atomic E-state index is 12.4. The van der Waals surface area contributed by atoms with Gasteiger partial charge in [-0.1, -0.05) is 6.92 Å². The minimum absolute atomic E-state index is 0.0357. The van der Waals surface area contributed by atoms with Gasteiger partial charge in [0.25, 0.3) is 0 Å². The molecule has 0 aromatic rings. The summed E-state index contributed by atoms with van der Waals surface area (Å²) in [6, 6.07) is 0.125. The molecule has 0 bridgehead atoms. The molecule has 2 rings (SSSR count). The second-order valence-corrected chi connectivity index (χ2v) is 5.85. The fourth-order valence-electron chi connectivity index (χ4n) is 2.97. The summed E-state index contributed by atoms with van der Waals surface area (Å²) in [4.78, 5) is 27.9. The molecule has 19 heavy (non-hydrogen) atoms. The number of carbonyl (C=O) groups is 2. The standard InChI is InChI=1S/C14H25N3O2/c1-11-5-8-16(9-6-11)14(19)17-7-3-4-12(10-17)13(18)15-2/h11-12H,3-10H2,1-2H3,(H,15,18). The Morgan fingerprint density at radius 2 is 1.74 bits per heavy atom. The lowest BCUT2D eigenvalue weighted by Gasteiger charge is -2.38. The van der Waals surface area contributed by atoms with Crippen molar-refractivity contribution < 1.29 is 9.59 Å². The number of likely N-dealkylation sites (tertiary alicyclic amines) is 2. The minimum Gasteiger partial charge on any atom is -0.359 e. The maximum absolute atomic E-state index is 12.4. The van der Waals surface area contributed by atoms with Crippen molar-refractivity contribution in [3.05, 3.63) is 0 Å². The highest BCUT2D eigenvalue weighted by atomic mass is 16.2. The Balaban J connectivity index is 1.90. The number of piperidine rings is 2. The van der Waals surface area contributed by atoms with Crippen molar-refractivity contribution in [3.63, 3.8) is 0 Å². The maximum Gasteiger partial charge on any atom is 0.320 e. The van der Waals surface area contributed by atoms with Gasteiger partial charge in [0.15, 0.2) is 0 Å². The van der Waals surface area contributed by atoms with Crippen LogP contribution in [0.2, 0.25) is 0 Å². The molecule has 1 N–H and O–H groups in total. The van der Waals surface area contributed by atoms with Crippen LogP contribution < -0.4 is 5.32 Å². The van der Waals surface area contributed by atoms with Crippen molar-refractivity contribution in [1.82, 2.24) is 15.1 Å². The van der Waals surface area contributed by atoms with E-state index in [0.29, 0.717) is 6.54 Å². The van der Waals surface area contributed by atoms with E-state index >= 15 is 0 Å². The lowest BCUT2D eigenvalue weighted by atomic mass is 9.97. The zero-order chi connectivity index (χ0) is 13.8. The largest absolute Gasteiger partial charge is 0.359 e. The number of nitrogens with zero attached hydrogens (tertiary/aromatic N) is 2. The zero-order valence-corrected chi connectivity index (χ0v) is 12.0. The zero-order valence-electron chi connectivity index (χ0n) is 12.0. The molecule has 2 aliphatic heterocycles. The van der Waals surface area contributed by atoms with Gasteiger partial charge in [-0.2, -0.15) is 0 Å². The van der Waals surface area contributed by atoms with Gasteiger partial charge in [-0.25, -0.2) is 4.79 Å². The summed E-state index contributed by atoms with van der Waals surface area (Å²) in [6.45, 7) is 5.33. The minimum atomic E-state index is -0.0357. The van der Waals surface area contributed by atoms with Gasteiger partial charge in [0.05, 0.1) is 5.92 Å². The predicted octanol–water partition coefficient (Wildman–Crippen LogP) is 1.30. The van der Waals surface area contributed by atoms with Crippen LogP contribution in [-0.4, -0.2) is 55.0 Å². The van der Waals surface area contributed by atoms with Crippen molar-refractivity contribution in [2.75, 3.05) is 33.2 Å². The average molecular weight is 267 g/mol. The Hall–Kier alpha value is -1.26. The van der Waals surface area contributed by atoms with Crippen LogP contribution >= 0.6 is 0 Å². The van der Waals surface area contributed by atoms with Crippen LogP contribution in [0.4, 0.5) is 4.79 Å². The van der Waals surface area contributed by atoms with Crippen LogP contribution in [0.15, 0.2) is 0 Å². The van der Waals surface area contributed by atoms with Crippen LogP contribution in [0.5, 0.6) is 0 Å². The summed E-state index contributed by atoms with van der Waals surface area (Å²) in [6.07, 6.45) is 4.01. The molecule has 3 amide bonds. The van der Waals surface area contributed by atoms with E-state index in [1.807, 2.05) is 9.80 Å². The molecule has 2 saturated heterocycles. The van der Waals surface area contributed by atoms with E-state index in [1.54, 1.807) is 7.05 Å². The SMILES string of the molecule is CNC(=O)C1CCCN(C(=O)N2CCC(C)CC2)C1. The fraction of sp³-hybridized carbons (Fsp3) is 0.857. The highest BCUT2D eigenvalue weighted by molar-refractivity contribution is 5.80. The van der Waals surface area contributed by atoms with Gasteiger partial charge in [-0.3, -0.25) is 4.79 Å². The van der Waals surface area contributed by atoms with E-state index < -0.39 is 0 Å². The molecule has 108 valence electrons. The third-order valence-electron chi connectivity index (χ3n) is 4.36. The van der Waals surface area contributed by atoms with Crippen molar-refractivity contribution in [1.29, 1.82) is 0 Å². The second kappa shape index (κ2) is 6.26. The quantitative estimate of drug-likeness (QED) is 0.778. The molecule has 0 saturated carbocycles. The Morgan fingerprint density at radius 1 is 1.05 bits per heavy atom. The molecule has 2 fully saturated rings. The number of nitrogens with one attached hydrogen (secondary N) is 1. The van der Waals surface area contributed by atoms with Gasteiger partial charge in [0.1, 0.15) is 0 Å². The van der Waals surface area contributed by atoms with Crippen LogP contribution in [0.3, 0.4) is 0 Å². The molecule has 0 aromatic carbocycles. The number of hydrogen-bond donors (Lipinski definition) is 1. The summed E-state index contributed by atoms with van der Waals surface area (Å²) in [5.41, 5.74) is 0. The number of hydrogen-bond acceptors (Lipinski definition) is 2. The van der Waals surface area contributed by atoms with Crippen molar-refractivity contribution in [3.8, 4) is 0 Å². The number of rotatable bonds is 1. The highest BCUT2D eigenvalue weighted by Crippen LogP contribution is 2.21. The van der Waals surface area contributed by atoms with Gasteiger partial charge in [0.2, 0.25) is 5.91 Å². The molecule has 0 radical (unpaired) electrons. The molecule has 5 nitrogen and oxygen atoms in total. The molecule has 1 unspecified atom stereocenters. The first kappa shape index (κ1) is 14.2. The highest BCUT2D eigenvalue weighted by Gasteiger charge is 2.31. The summed E-state index contributed by atoms with van der Waals surface area (Å²) < 4.78 is 0. The third kappa shape index (κ3) is 3.39. The molecular formula is C14H25N3O2. The Bertz CT molecular complexity index is 338. The first-order valence-corrected chi connectivity index (χ1v) is 7.37. The Kier molecular flexibility index (Phi) is 4.66. The first-order valence-electron chi connectivity index (χ1n) is 7.37. The van der Waals surface area contributed by atoms with Crippen molar-refractivity contribution >= 4 is 11.9 Å². The van der Waals surface area contributed by atoms with E-state index in [4.69, 9.17) is 0 Å². The van der Waals surface area contributed by atoms with Crippen LogP contribution in [-0.2, 0) is 4.79 Å². The predicted molar refractivity (Wildman–Crippen MR) is 73.7 cm³/mol. The fourth-order valence-corrected chi connectivity index (χ4v) is 2.97. The Morgan fingerprint density at radius 3 is 2.37 bits per heavy atom. The van der Waals surface area contributed by atoms with Crippen LogP contribution in [0, 0.1) is 11.8 Å². The summed E-state index contributed by atoms with van der Waals surface area (Å²) in [5, 5.41) is 2.69. The summed E-state index contributed by atoms with van der Waals surface area (Å²) in [7, 11) is 1.66. The molecule has 0 aromatic heterocycles. The molecular weight excluding hydrogens is 242 g/mol. The molecule has 2 heterocycles. The summed E-state index contributed by atoms with van der Waals surface area (Å²) >= 11 is 0. The summed E-state index contributed by atoms with van der Waals surface area (Å²) in [5.74, 6) is 0.750. The van der Waals surface area contributed by atoms with Gasteiger partial charge in [-0.05, 0) is 31.6 Å². The van der Waals surface area contributed by atoms with E-state index in [2.05, 4.69) is 12.2 Å². The van der Waals surface area contributed by atoms with E-state index in [0.717, 1.165) is 51.2 Å². The number of carbonyl (C=O) groups excluding carboxylic acids is 2. The van der Waals surface area contributed by atoms with E-state index in [9.17, 15) is 9.59 Å². The van der Waals surface area contributed by atoms with Crippen LogP contribution in [0.25, 0.3) is 0 Å². The van der Waals surface area contributed by atoms with Crippen LogP contribution in [0.1, 0.15) is 32.6 Å². The molecule has 2 aliphatic rings.